The van der Waals surface area contributed by atoms with Crippen molar-refractivity contribution >= 4 is 18.0 Å². The summed E-state index contributed by atoms with van der Waals surface area (Å²) in [6.45, 7) is 7.17. The maximum atomic E-state index is 12.6. The maximum Gasteiger partial charge on any atom is 0.410 e. The highest BCUT2D eigenvalue weighted by Gasteiger charge is 2.48. The summed E-state index contributed by atoms with van der Waals surface area (Å²) < 4.78 is 5.75. The number of hydrogen-bond donors (Lipinski definition) is 1. The van der Waals surface area contributed by atoms with Gasteiger partial charge >= 0.3 is 12.1 Å². The van der Waals surface area contributed by atoms with Gasteiger partial charge in [-0.1, -0.05) is 26.7 Å². The second-order valence-corrected chi connectivity index (χ2v) is 7.82. The van der Waals surface area contributed by atoms with E-state index in [0.29, 0.717) is 44.9 Å². The lowest BCUT2D eigenvalue weighted by Crippen LogP contribution is -2.53. The Kier molecular flexibility index (Phi) is 5.29. The first-order valence-corrected chi connectivity index (χ1v) is 9.66. The van der Waals surface area contributed by atoms with Gasteiger partial charge in [-0.3, -0.25) is 4.79 Å². The van der Waals surface area contributed by atoms with Gasteiger partial charge in [0, 0.05) is 39.5 Å². The molecule has 1 spiro atoms. The van der Waals surface area contributed by atoms with Crippen LogP contribution >= 0.6 is 0 Å². The predicted octanol–water partition coefficient (Wildman–Crippen LogP) is 1.26. The lowest BCUT2D eigenvalue weighted by molar-refractivity contribution is -0.136. The van der Waals surface area contributed by atoms with Crippen molar-refractivity contribution in [3.63, 3.8) is 0 Å². The third kappa shape index (κ3) is 3.59. The molecule has 3 aliphatic rings. The molecule has 1 N–H and O–H groups in total. The van der Waals surface area contributed by atoms with Gasteiger partial charge in [-0.25, -0.2) is 9.59 Å². The zero-order chi connectivity index (χ0) is 18.9. The minimum absolute atomic E-state index is 0.0456. The first-order valence-electron chi connectivity index (χ1n) is 9.66. The van der Waals surface area contributed by atoms with Crippen molar-refractivity contribution in [1.29, 1.82) is 0 Å². The SMILES string of the molecule is CCC(CC)CN1CC2(CCN(C(=O)C3CN(C)C(=O)N3)CC2)OC1=O. The Bertz CT molecular complexity index is 570. The Morgan fingerprint density at radius 3 is 2.46 bits per heavy atom. The van der Waals surface area contributed by atoms with E-state index < -0.39 is 11.6 Å². The van der Waals surface area contributed by atoms with Gasteiger partial charge in [0.2, 0.25) is 5.91 Å². The molecule has 0 aliphatic carbocycles. The summed E-state index contributed by atoms with van der Waals surface area (Å²) in [4.78, 5) is 41.6. The van der Waals surface area contributed by atoms with Gasteiger partial charge in [-0.15, -0.1) is 0 Å². The van der Waals surface area contributed by atoms with Crippen LogP contribution in [0.4, 0.5) is 9.59 Å². The van der Waals surface area contributed by atoms with Gasteiger partial charge < -0.3 is 24.8 Å². The Hall–Kier alpha value is -1.99. The Labute approximate surface area is 154 Å². The molecule has 8 heteroatoms. The van der Waals surface area contributed by atoms with Crippen LogP contribution in [-0.4, -0.2) is 84.1 Å². The van der Waals surface area contributed by atoms with E-state index in [1.165, 1.54) is 4.90 Å². The Balaban J connectivity index is 1.54. The molecule has 0 bridgehead atoms. The number of nitrogens with one attached hydrogen (secondary N) is 1. The number of piperidine rings is 1. The fraction of sp³-hybridized carbons (Fsp3) is 0.833. The van der Waals surface area contributed by atoms with Crippen LogP contribution in [0.15, 0.2) is 0 Å². The second-order valence-electron chi connectivity index (χ2n) is 7.82. The van der Waals surface area contributed by atoms with Crippen molar-refractivity contribution in [2.45, 2.75) is 51.2 Å². The summed E-state index contributed by atoms with van der Waals surface area (Å²) in [6.07, 6.45) is 3.19. The van der Waals surface area contributed by atoms with Gasteiger partial charge in [-0.05, 0) is 5.92 Å². The second kappa shape index (κ2) is 7.32. The molecule has 0 aromatic rings. The van der Waals surface area contributed by atoms with Crippen molar-refractivity contribution < 1.29 is 19.1 Å². The molecule has 1 atom stereocenters. The van der Waals surface area contributed by atoms with Crippen LogP contribution in [0.5, 0.6) is 0 Å². The van der Waals surface area contributed by atoms with Crippen LogP contribution in [-0.2, 0) is 9.53 Å². The minimum Gasteiger partial charge on any atom is -0.441 e. The molecule has 3 heterocycles. The molecule has 3 fully saturated rings. The van der Waals surface area contributed by atoms with Crippen LogP contribution < -0.4 is 5.32 Å². The molecule has 3 rings (SSSR count). The van der Waals surface area contributed by atoms with Gasteiger partial charge in [0.25, 0.3) is 0 Å². The van der Waals surface area contributed by atoms with E-state index in [0.717, 1.165) is 19.4 Å². The smallest absolute Gasteiger partial charge is 0.410 e. The van der Waals surface area contributed by atoms with E-state index in [2.05, 4.69) is 19.2 Å². The normalized spacial score (nSPS) is 25.2. The molecule has 146 valence electrons. The van der Waals surface area contributed by atoms with E-state index in [1.807, 2.05) is 4.90 Å². The average Bonchev–Trinajstić information content (AvgIpc) is 3.12. The Morgan fingerprint density at radius 1 is 1.27 bits per heavy atom. The average molecular weight is 366 g/mol. The number of amides is 4. The number of rotatable bonds is 5. The lowest BCUT2D eigenvalue weighted by Gasteiger charge is -2.38. The van der Waals surface area contributed by atoms with Crippen molar-refractivity contribution in [3.05, 3.63) is 0 Å². The van der Waals surface area contributed by atoms with Gasteiger partial charge in [0.15, 0.2) is 0 Å². The highest BCUT2D eigenvalue weighted by atomic mass is 16.6. The summed E-state index contributed by atoms with van der Waals surface area (Å²) in [5, 5.41) is 2.71. The van der Waals surface area contributed by atoms with Gasteiger partial charge in [-0.2, -0.15) is 0 Å². The molecule has 26 heavy (non-hydrogen) atoms. The molecule has 3 aliphatic heterocycles. The van der Waals surface area contributed by atoms with Crippen LogP contribution in [0.1, 0.15) is 39.5 Å². The lowest BCUT2D eigenvalue weighted by atomic mass is 9.90. The summed E-state index contributed by atoms with van der Waals surface area (Å²) in [6, 6.07) is -0.683. The summed E-state index contributed by atoms with van der Waals surface area (Å²) in [7, 11) is 1.68. The van der Waals surface area contributed by atoms with Crippen molar-refractivity contribution in [3.8, 4) is 0 Å². The zero-order valence-corrected chi connectivity index (χ0v) is 16.0. The summed E-state index contributed by atoms with van der Waals surface area (Å²) in [5.74, 6) is 0.457. The number of likely N-dealkylation sites (tertiary alicyclic amines) is 1. The number of carbonyl (C=O) groups is 3. The number of urea groups is 1. The maximum absolute atomic E-state index is 12.6. The summed E-state index contributed by atoms with van der Waals surface area (Å²) in [5.41, 5.74) is -0.463. The van der Waals surface area contributed by atoms with E-state index in [1.54, 1.807) is 11.9 Å². The molecule has 0 aromatic heterocycles. The quantitative estimate of drug-likeness (QED) is 0.794. The largest absolute Gasteiger partial charge is 0.441 e. The van der Waals surface area contributed by atoms with Crippen LogP contribution in [0, 0.1) is 5.92 Å². The summed E-state index contributed by atoms with van der Waals surface area (Å²) >= 11 is 0. The minimum atomic E-state index is -0.473. The van der Waals surface area contributed by atoms with E-state index >= 15 is 0 Å². The standard InChI is InChI=1S/C18H30N4O4/c1-4-13(5-2)10-22-12-18(26-17(22)25)6-8-21(9-7-18)15(23)14-11-20(3)16(24)19-14/h13-14H,4-12H2,1-3H3,(H,19,24). The molecule has 0 aromatic carbocycles. The molecule has 0 radical (unpaired) electrons. The molecule has 1 unspecified atom stereocenters. The molecule has 3 saturated heterocycles. The van der Waals surface area contributed by atoms with Crippen molar-refractivity contribution in [2.75, 3.05) is 39.8 Å². The number of nitrogens with zero attached hydrogens (tertiary/aromatic N) is 3. The number of carbonyl (C=O) groups excluding carboxylic acids is 3. The molecule has 0 saturated carbocycles. The number of hydrogen-bond acceptors (Lipinski definition) is 4. The Morgan fingerprint density at radius 2 is 1.92 bits per heavy atom. The first kappa shape index (κ1) is 18.8. The van der Waals surface area contributed by atoms with E-state index in [9.17, 15) is 14.4 Å². The predicted molar refractivity (Wildman–Crippen MR) is 95.6 cm³/mol. The fourth-order valence-corrected chi connectivity index (χ4v) is 4.11. The molecule has 8 nitrogen and oxygen atoms in total. The number of likely N-dealkylation sites (N-methyl/N-ethyl adjacent to an activating group) is 1. The number of ether oxygens (including phenoxy) is 1. The van der Waals surface area contributed by atoms with Crippen LogP contribution in [0.25, 0.3) is 0 Å². The van der Waals surface area contributed by atoms with Crippen molar-refractivity contribution in [1.82, 2.24) is 20.0 Å². The molecular weight excluding hydrogens is 336 g/mol. The highest BCUT2D eigenvalue weighted by molar-refractivity contribution is 5.90. The molecule has 4 amide bonds. The first-order chi connectivity index (χ1) is 12.4. The van der Waals surface area contributed by atoms with E-state index in [4.69, 9.17) is 4.74 Å². The fourth-order valence-electron chi connectivity index (χ4n) is 4.11. The van der Waals surface area contributed by atoms with Gasteiger partial charge in [0.1, 0.15) is 11.6 Å². The van der Waals surface area contributed by atoms with E-state index in [-0.39, 0.29) is 18.0 Å². The molecular formula is C18H30N4O4. The zero-order valence-electron chi connectivity index (χ0n) is 16.0. The highest BCUT2D eigenvalue weighted by Crippen LogP contribution is 2.34. The topological polar surface area (TPSA) is 82.2 Å². The van der Waals surface area contributed by atoms with Crippen LogP contribution in [0.3, 0.4) is 0 Å². The van der Waals surface area contributed by atoms with Gasteiger partial charge in [0.05, 0.1) is 13.1 Å². The monoisotopic (exact) mass is 366 g/mol. The van der Waals surface area contributed by atoms with Crippen molar-refractivity contribution in [2.24, 2.45) is 5.92 Å². The van der Waals surface area contributed by atoms with Crippen LogP contribution in [0.2, 0.25) is 0 Å². The third-order valence-corrected chi connectivity index (χ3v) is 6.06. The third-order valence-electron chi connectivity index (χ3n) is 6.06.